The zero-order valence-electron chi connectivity index (χ0n) is 8.76. The molecule has 0 bridgehead atoms. The Morgan fingerprint density at radius 3 is 2.53 bits per heavy atom. The van der Waals surface area contributed by atoms with Gasteiger partial charge in [-0.05, 0) is 29.5 Å². The molecule has 94 valence electrons. The van der Waals surface area contributed by atoms with Crippen molar-refractivity contribution in [2.24, 2.45) is 0 Å². The van der Waals surface area contributed by atoms with Crippen LogP contribution in [0, 0.1) is 10.5 Å². The van der Waals surface area contributed by atoms with Gasteiger partial charge < -0.3 is 9.47 Å². The van der Waals surface area contributed by atoms with E-state index in [0.29, 0.717) is 5.69 Å². The van der Waals surface area contributed by atoms with Crippen LogP contribution in [0.15, 0.2) is 6.20 Å². The van der Waals surface area contributed by atoms with E-state index >= 15 is 0 Å². The molecule has 0 aliphatic rings. The monoisotopic (exact) mass is 361 g/mol. The zero-order chi connectivity index (χ0) is 13.2. The number of aromatic nitrogens is 1. The minimum atomic E-state index is -4.89. The van der Waals surface area contributed by atoms with Crippen molar-refractivity contribution in [2.75, 3.05) is 7.11 Å². The third-order valence-corrected chi connectivity index (χ3v) is 3.09. The molecule has 0 spiro atoms. The number of aryl methyl sites for hydroxylation is 1. The van der Waals surface area contributed by atoms with E-state index in [0.717, 1.165) is 13.3 Å². The molecule has 0 radical (unpaired) electrons. The molecule has 0 fully saturated rings. The fourth-order valence-electron chi connectivity index (χ4n) is 1.06. The maximum absolute atomic E-state index is 12.1. The first-order valence-electron chi connectivity index (χ1n) is 4.25. The number of methoxy groups -OCH3 is 1. The average molecular weight is 361 g/mol. The van der Waals surface area contributed by atoms with Gasteiger partial charge in [0.25, 0.3) is 0 Å². The van der Waals surface area contributed by atoms with E-state index in [1.165, 1.54) is 0 Å². The summed E-state index contributed by atoms with van der Waals surface area (Å²) in [5.74, 6) is -1.57. The fourth-order valence-corrected chi connectivity index (χ4v) is 1.69. The normalized spacial score (nSPS) is 11.2. The van der Waals surface area contributed by atoms with Crippen LogP contribution in [0.3, 0.4) is 0 Å². The molecule has 1 aromatic rings. The van der Waals surface area contributed by atoms with Gasteiger partial charge in [-0.15, -0.1) is 13.2 Å². The number of carbonyl (C=O) groups excluding carboxylic acids is 1. The Morgan fingerprint density at radius 2 is 2.06 bits per heavy atom. The Balaban J connectivity index is 3.30. The Hall–Kier alpha value is -1.06. The Labute approximate surface area is 108 Å². The largest absolute Gasteiger partial charge is 0.573 e. The summed E-state index contributed by atoms with van der Waals surface area (Å²) < 4.78 is 44.7. The molecule has 0 amide bonds. The number of rotatable bonds is 2. The van der Waals surface area contributed by atoms with Crippen LogP contribution in [-0.2, 0) is 4.74 Å². The number of ether oxygens (including phenoxy) is 2. The van der Waals surface area contributed by atoms with Crippen LogP contribution in [0.25, 0.3) is 0 Å². The number of alkyl halides is 3. The summed E-state index contributed by atoms with van der Waals surface area (Å²) in [7, 11) is 1.07. The number of halogens is 4. The molecule has 0 saturated heterocycles. The van der Waals surface area contributed by atoms with Crippen molar-refractivity contribution in [3.63, 3.8) is 0 Å². The third kappa shape index (κ3) is 3.45. The molecule has 1 aromatic heterocycles. The molecule has 0 aliphatic carbocycles. The molecule has 4 nitrogen and oxygen atoms in total. The van der Waals surface area contributed by atoms with E-state index in [9.17, 15) is 18.0 Å². The van der Waals surface area contributed by atoms with Gasteiger partial charge in [-0.1, -0.05) is 0 Å². The number of pyridine rings is 1. The summed E-state index contributed by atoms with van der Waals surface area (Å²) in [5.41, 5.74) is 0.137. The lowest BCUT2D eigenvalue weighted by molar-refractivity contribution is -0.274. The molecule has 1 heterocycles. The second kappa shape index (κ2) is 5.07. The first-order chi connectivity index (χ1) is 7.76. The predicted octanol–water partition coefficient (Wildman–Crippen LogP) is 2.68. The van der Waals surface area contributed by atoms with Gasteiger partial charge in [0.05, 0.1) is 22.6 Å². The van der Waals surface area contributed by atoms with Crippen LogP contribution >= 0.6 is 22.6 Å². The van der Waals surface area contributed by atoms with E-state index < -0.39 is 18.1 Å². The van der Waals surface area contributed by atoms with Crippen LogP contribution in [0.1, 0.15) is 16.1 Å². The first-order valence-corrected chi connectivity index (χ1v) is 5.33. The molecule has 0 aliphatic heterocycles. The maximum Gasteiger partial charge on any atom is 0.573 e. The summed E-state index contributed by atoms with van der Waals surface area (Å²) in [6, 6.07) is 0. The van der Waals surface area contributed by atoms with Gasteiger partial charge in [0.1, 0.15) is 5.56 Å². The van der Waals surface area contributed by atoms with Crippen molar-refractivity contribution in [1.29, 1.82) is 0 Å². The minimum absolute atomic E-state index is 0.260. The van der Waals surface area contributed by atoms with Crippen LogP contribution in [0.4, 0.5) is 13.2 Å². The summed E-state index contributed by atoms with van der Waals surface area (Å²) in [4.78, 5) is 15.1. The lowest BCUT2D eigenvalue weighted by Gasteiger charge is -2.13. The van der Waals surface area contributed by atoms with E-state index in [1.807, 2.05) is 0 Å². The average Bonchev–Trinajstić information content (AvgIpc) is 2.21. The number of nitrogens with zero attached hydrogens (tertiary/aromatic N) is 1. The van der Waals surface area contributed by atoms with Gasteiger partial charge in [0, 0.05) is 0 Å². The van der Waals surface area contributed by atoms with Gasteiger partial charge in [-0.3, -0.25) is 4.98 Å². The zero-order valence-corrected chi connectivity index (χ0v) is 10.9. The van der Waals surface area contributed by atoms with Crippen molar-refractivity contribution < 1.29 is 27.4 Å². The quantitative estimate of drug-likeness (QED) is 0.601. The third-order valence-electron chi connectivity index (χ3n) is 1.77. The number of esters is 1. The molecule has 0 saturated carbocycles. The molecule has 0 unspecified atom stereocenters. The van der Waals surface area contributed by atoms with Gasteiger partial charge in [-0.2, -0.15) is 0 Å². The highest BCUT2D eigenvalue weighted by molar-refractivity contribution is 14.1. The minimum Gasteiger partial charge on any atom is -0.465 e. The highest BCUT2D eigenvalue weighted by Gasteiger charge is 2.34. The molecular weight excluding hydrogens is 354 g/mol. The number of hydrogen-bond donors (Lipinski definition) is 0. The first kappa shape index (κ1) is 14.0. The molecule has 0 aromatic carbocycles. The number of hydrogen-bond acceptors (Lipinski definition) is 4. The molecule has 1 rings (SSSR count). The van der Waals surface area contributed by atoms with Gasteiger partial charge >= 0.3 is 12.3 Å². The van der Waals surface area contributed by atoms with Crippen molar-refractivity contribution in [3.05, 3.63) is 21.0 Å². The summed E-state index contributed by atoms with van der Waals surface area (Å²) in [5, 5.41) is 0. The van der Waals surface area contributed by atoms with Crippen molar-refractivity contribution in [2.45, 2.75) is 13.3 Å². The second-order valence-electron chi connectivity index (χ2n) is 2.94. The molecule has 0 N–H and O–H groups in total. The standard InChI is InChI=1S/C9H7F3INO3/c1-4-7(13)6(8(15)16-2)5(3-14-4)17-9(10,11)12/h3H,1-2H3. The van der Waals surface area contributed by atoms with Crippen LogP contribution < -0.4 is 4.74 Å². The fraction of sp³-hybridized carbons (Fsp3) is 0.333. The number of carbonyl (C=O) groups is 1. The Morgan fingerprint density at radius 1 is 1.47 bits per heavy atom. The Bertz CT molecular complexity index is 448. The van der Waals surface area contributed by atoms with E-state index in [-0.39, 0.29) is 9.13 Å². The highest BCUT2D eigenvalue weighted by atomic mass is 127. The van der Waals surface area contributed by atoms with Gasteiger partial charge in [0.15, 0.2) is 5.75 Å². The molecular formula is C9H7F3INO3. The molecule has 8 heteroatoms. The van der Waals surface area contributed by atoms with Gasteiger partial charge in [0.2, 0.25) is 0 Å². The topological polar surface area (TPSA) is 48.4 Å². The summed E-state index contributed by atoms with van der Waals surface area (Å²) in [6.45, 7) is 1.56. The lowest BCUT2D eigenvalue weighted by Crippen LogP contribution is -2.20. The second-order valence-corrected chi connectivity index (χ2v) is 4.01. The van der Waals surface area contributed by atoms with E-state index in [1.54, 1.807) is 29.5 Å². The van der Waals surface area contributed by atoms with Crippen LogP contribution in [0.2, 0.25) is 0 Å². The Kier molecular flexibility index (Phi) is 4.17. The van der Waals surface area contributed by atoms with Crippen LogP contribution in [-0.4, -0.2) is 24.4 Å². The van der Waals surface area contributed by atoms with Crippen molar-refractivity contribution in [1.82, 2.24) is 4.98 Å². The predicted molar refractivity (Wildman–Crippen MR) is 59.7 cm³/mol. The maximum atomic E-state index is 12.1. The SMILES string of the molecule is COC(=O)c1c(OC(F)(F)F)cnc(C)c1I. The van der Waals surface area contributed by atoms with Gasteiger partial charge in [-0.25, -0.2) is 4.79 Å². The smallest absolute Gasteiger partial charge is 0.465 e. The van der Waals surface area contributed by atoms with Crippen LogP contribution in [0.5, 0.6) is 5.75 Å². The van der Waals surface area contributed by atoms with E-state index in [2.05, 4.69) is 14.5 Å². The van der Waals surface area contributed by atoms with Crippen molar-refractivity contribution >= 4 is 28.6 Å². The molecule has 0 atom stereocenters. The molecule has 17 heavy (non-hydrogen) atoms. The van der Waals surface area contributed by atoms with Crippen molar-refractivity contribution in [3.8, 4) is 5.75 Å². The summed E-state index contributed by atoms with van der Waals surface area (Å²) >= 11 is 1.71. The lowest BCUT2D eigenvalue weighted by atomic mass is 10.2. The summed E-state index contributed by atoms with van der Waals surface area (Å²) in [6.07, 6.45) is -4.04. The highest BCUT2D eigenvalue weighted by Crippen LogP contribution is 2.30. The van der Waals surface area contributed by atoms with E-state index in [4.69, 9.17) is 0 Å².